The second kappa shape index (κ2) is 12.8. The fraction of sp³-hybridized carbons (Fsp3) is 0.750. The molecule has 0 aliphatic heterocycles. The van der Waals surface area contributed by atoms with Crippen LogP contribution in [0.25, 0.3) is 0 Å². The SMILES string of the molecule is C=CC(=O)OCCC(C)CCO[SiH2]OCCOC. The number of methoxy groups -OCH3 is 1. The van der Waals surface area contributed by atoms with Crippen LogP contribution in [0.4, 0.5) is 0 Å². The molecule has 0 heterocycles. The van der Waals surface area contributed by atoms with Crippen molar-refractivity contribution in [1.82, 2.24) is 0 Å². The topological polar surface area (TPSA) is 54.0 Å². The molecule has 1 unspecified atom stereocenters. The van der Waals surface area contributed by atoms with Gasteiger partial charge in [-0.25, -0.2) is 4.79 Å². The molecule has 0 saturated heterocycles. The fourth-order valence-electron chi connectivity index (χ4n) is 1.17. The van der Waals surface area contributed by atoms with Gasteiger partial charge in [-0.05, 0) is 18.8 Å². The van der Waals surface area contributed by atoms with Crippen LogP contribution < -0.4 is 0 Å². The van der Waals surface area contributed by atoms with Gasteiger partial charge in [-0.1, -0.05) is 13.5 Å². The Bertz CT molecular complexity index is 223. The molecule has 106 valence electrons. The highest BCUT2D eigenvalue weighted by atomic mass is 28.3. The van der Waals surface area contributed by atoms with Gasteiger partial charge in [-0.15, -0.1) is 0 Å². The molecule has 1 atom stereocenters. The first-order chi connectivity index (χ1) is 8.70. The molecular weight excluding hydrogens is 252 g/mol. The van der Waals surface area contributed by atoms with Crippen molar-refractivity contribution in [2.45, 2.75) is 19.8 Å². The van der Waals surface area contributed by atoms with Gasteiger partial charge in [0.2, 0.25) is 0 Å². The van der Waals surface area contributed by atoms with Gasteiger partial charge in [0.25, 0.3) is 0 Å². The Kier molecular flexibility index (Phi) is 12.3. The smallest absolute Gasteiger partial charge is 0.330 e. The third kappa shape index (κ3) is 11.8. The molecule has 0 aromatic carbocycles. The number of carbonyl (C=O) groups is 1. The van der Waals surface area contributed by atoms with Gasteiger partial charge in [-0.2, -0.15) is 0 Å². The van der Waals surface area contributed by atoms with Crippen molar-refractivity contribution < 1.29 is 23.1 Å². The molecule has 0 amide bonds. The van der Waals surface area contributed by atoms with Crippen LogP contribution in [0.3, 0.4) is 0 Å². The molecule has 0 saturated carbocycles. The maximum atomic E-state index is 10.8. The van der Waals surface area contributed by atoms with E-state index < -0.39 is 10.0 Å². The summed E-state index contributed by atoms with van der Waals surface area (Å²) >= 11 is 0. The van der Waals surface area contributed by atoms with E-state index in [2.05, 4.69) is 13.5 Å². The summed E-state index contributed by atoms with van der Waals surface area (Å²) in [6, 6.07) is 0. The van der Waals surface area contributed by atoms with Crippen molar-refractivity contribution in [3.8, 4) is 0 Å². The zero-order chi connectivity index (χ0) is 13.6. The first-order valence-electron chi connectivity index (χ1n) is 6.14. The minimum Gasteiger partial charge on any atom is -0.463 e. The zero-order valence-corrected chi connectivity index (χ0v) is 12.8. The first kappa shape index (κ1) is 17.3. The fourth-order valence-corrected chi connectivity index (χ4v) is 1.81. The molecule has 0 aromatic rings. The van der Waals surface area contributed by atoms with Crippen LogP contribution in [0.1, 0.15) is 19.8 Å². The average molecular weight is 276 g/mol. The third-order valence-corrected chi connectivity index (χ3v) is 3.29. The Morgan fingerprint density at radius 3 is 2.56 bits per heavy atom. The molecular formula is C12H24O5Si. The number of rotatable bonds is 12. The lowest BCUT2D eigenvalue weighted by atomic mass is 10.1. The van der Waals surface area contributed by atoms with Crippen LogP contribution in [-0.4, -0.2) is 49.5 Å². The van der Waals surface area contributed by atoms with Crippen molar-refractivity contribution >= 4 is 16.0 Å². The average Bonchev–Trinajstić information content (AvgIpc) is 2.37. The Balaban J connectivity index is 3.24. The number of carbonyl (C=O) groups excluding carboxylic acids is 1. The highest BCUT2D eigenvalue weighted by molar-refractivity contribution is 6.17. The maximum Gasteiger partial charge on any atom is 0.330 e. The van der Waals surface area contributed by atoms with Crippen molar-refractivity contribution in [3.05, 3.63) is 12.7 Å². The number of esters is 1. The molecule has 0 radical (unpaired) electrons. The van der Waals surface area contributed by atoms with Gasteiger partial charge in [0.05, 0.1) is 19.8 Å². The highest BCUT2D eigenvalue weighted by Gasteiger charge is 2.04. The molecule has 0 bridgehead atoms. The van der Waals surface area contributed by atoms with Crippen LogP contribution in [0.15, 0.2) is 12.7 Å². The van der Waals surface area contributed by atoms with Gasteiger partial charge in [-0.3, -0.25) is 0 Å². The Hall–Kier alpha value is -0.693. The monoisotopic (exact) mass is 276 g/mol. The van der Waals surface area contributed by atoms with E-state index >= 15 is 0 Å². The van der Waals surface area contributed by atoms with Gasteiger partial charge in [0.1, 0.15) is 0 Å². The first-order valence-corrected chi connectivity index (χ1v) is 7.29. The summed E-state index contributed by atoms with van der Waals surface area (Å²) < 4.78 is 20.5. The third-order valence-electron chi connectivity index (χ3n) is 2.38. The molecule has 18 heavy (non-hydrogen) atoms. The van der Waals surface area contributed by atoms with Gasteiger partial charge in [0.15, 0.2) is 0 Å². The second-order valence-corrected chi connectivity index (χ2v) is 5.03. The predicted molar refractivity (Wildman–Crippen MR) is 71.9 cm³/mol. The maximum absolute atomic E-state index is 10.8. The van der Waals surface area contributed by atoms with Gasteiger partial charge >= 0.3 is 16.0 Å². The lowest BCUT2D eigenvalue weighted by Crippen LogP contribution is -2.12. The number of ether oxygens (including phenoxy) is 2. The summed E-state index contributed by atoms with van der Waals surface area (Å²) in [7, 11) is 0.779. The van der Waals surface area contributed by atoms with Crippen molar-refractivity contribution in [2.24, 2.45) is 5.92 Å². The minimum atomic E-state index is -0.866. The minimum absolute atomic E-state index is 0.364. The molecule has 0 aliphatic carbocycles. The van der Waals surface area contributed by atoms with Crippen LogP contribution in [0.5, 0.6) is 0 Å². The van der Waals surface area contributed by atoms with Crippen LogP contribution in [0, 0.1) is 5.92 Å². The van der Waals surface area contributed by atoms with E-state index in [1.54, 1.807) is 7.11 Å². The number of hydrogen-bond donors (Lipinski definition) is 0. The number of hydrogen-bond acceptors (Lipinski definition) is 5. The Morgan fingerprint density at radius 1 is 1.22 bits per heavy atom. The van der Waals surface area contributed by atoms with E-state index in [0.29, 0.717) is 32.3 Å². The van der Waals surface area contributed by atoms with Crippen molar-refractivity contribution in [2.75, 3.05) is 33.5 Å². The summed E-state index contributed by atoms with van der Waals surface area (Å²) in [4.78, 5) is 10.8. The lowest BCUT2D eigenvalue weighted by molar-refractivity contribution is -0.138. The van der Waals surface area contributed by atoms with E-state index in [1.165, 1.54) is 6.08 Å². The Morgan fingerprint density at radius 2 is 1.89 bits per heavy atom. The lowest BCUT2D eigenvalue weighted by Gasteiger charge is -2.11. The molecule has 0 rings (SSSR count). The van der Waals surface area contributed by atoms with Gasteiger partial charge in [0, 0.05) is 19.8 Å². The van der Waals surface area contributed by atoms with E-state index in [4.69, 9.17) is 18.3 Å². The predicted octanol–water partition coefficient (Wildman–Crippen LogP) is 0.810. The summed E-state index contributed by atoms with van der Waals surface area (Å²) in [5.41, 5.74) is 0. The van der Waals surface area contributed by atoms with Crippen molar-refractivity contribution in [1.29, 1.82) is 0 Å². The molecule has 6 heteroatoms. The van der Waals surface area contributed by atoms with E-state index in [0.717, 1.165) is 12.8 Å². The van der Waals surface area contributed by atoms with E-state index in [9.17, 15) is 4.79 Å². The molecule has 0 N–H and O–H groups in total. The van der Waals surface area contributed by atoms with Crippen LogP contribution in [0.2, 0.25) is 0 Å². The highest BCUT2D eigenvalue weighted by Crippen LogP contribution is 2.07. The van der Waals surface area contributed by atoms with Crippen LogP contribution >= 0.6 is 0 Å². The molecule has 0 aliphatic rings. The van der Waals surface area contributed by atoms with Crippen molar-refractivity contribution in [3.63, 3.8) is 0 Å². The quantitative estimate of drug-likeness (QED) is 0.228. The Labute approximate surface area is 112 Å². The van der Waals surface area contributed by atoms with Crippen LogP contribution in [-0.2, 0) is 23.1 Å². The molecule has 0 spiro atoms. The summed E-state index contributed by atoms with van der Waals surface area (Å²) in [6.45, 7) is 7.81. The van der Waals surface area contributed by atoms with Gasteiger partial charge < -0.3 is 18.3 Å². The summed E-state index contributed by atoms with van der Waals surface area (Å²) in [5, 5.41) is 0. The summed E-state index contributed by atoms with van der Waals surface area (Å²) in [5.74, 6) is 0.105. The summed E-state index contributed by atoms with van der Waals surface area (Å²) in [6.07, 6.45) is 2.97. The van der Waals surface area contributed by atoms with E-state index in [1.807, 2.05) is 0 Å². The molecule has 0 aromatic heterocycles. The largest absolute Gasteiger partial charge is 0.463 e. The second-order valence-electron chi connectivity index (χ2n) is 3.98. The normalized spacial score (nSPS) is 12.8. The van der Waals surface area contributed by atoms with E-state index in [-0.39, 0.29) is 5.97 Å². The molecule has 0 fully saturated rings. The standard InChI is InChI=1S/C12H24O5Si/c1-4-12(13)15-7-5-11(2)6-8-16-18-17-10-9-14-3/h4,11H,1,5-10,18H2,2-3H3. The molecule has 5 nitrogen and oxygen atoms in total. The zero-order valence-electron chi connectivity index (χ0n) is 11.4.